The molecule has 2 aliphatic rings. The molecule has 0 unspecified atom stereocenters. The molecule has 112 valence electrons. The van der Waals surface area contributed by atoms with E-state index in [1.54, 1.807) is 7.11 Å². The standard InChI is InChI=1S/C13H25NO5/c1-5-14(6-7-15)8-9-10-11(12(16-4)17-9)19-13(2,3)18-10/h9-12,15H,5-8H2,1-4H3/t9-,10-,11-,12-/m1/s1. The minimum Gasteiger partial charge on any atom is -0.395 e. The van der Waals surface area contributed by atoms with E-state index in [4.69, 9.17) is 24.1 Å². The second kappa shape index (κ2) is 6.03. The molecular formula is C13H25NO5. The molecule has 6 heteroatoms. The highest BCUT2D eigenvalue weighted by Crippen LogP contribution is 2.39. The van der Waals surface area contributed by atoms with Crippen LogP contribution < -0.4 is 0 Å². The second-order valence-electron chi connectivity index (χ2n) is 5.46. The van der Waals surface area contributed by atoms with Gasteiger partial charge in [-0.3, -0.25) is 4.90 Å². The summed E-state index contributed by atoms with van der Waals surface area (Å²) in [6.07, 6.45) is -0.779. The molecule has 2 rings (SSSR count). The van der Waals surface area contributed by atoms with Crippen molar-refractivity contribution in [3.63, 3.8) is 0 Å². The first-order valence-corrected chi connectivity index (χ1v) is 6.88. The Morgan fingerprint density at radius 2 is 1.95 bits per heavy atom. The van der Waals surface area contributed by atoms with Crippen molar-refractivity contribution in [1.29, 1.82) is 0 Å². The van der Waals surface area contributed by atoms with Crippen molar-refractivity contribution in [2.24, 2.45) is 0 Å². The zero-order chi connectivity index (χ0) is 14.0. The summed E-state index contributed by atoms with van der Waals surface area (Å²) in [5.41, 5.74) is 0. The summed E-state index contributed by atoms with van der Waals surface area (Å²) in [7, 11) is 1.62. The van der Waals surface area contributed by atoms with Crippen LogP contribution in [0, 0.1) is 0 Å². The molecule has 19 heavy (non-hydrogen) atoms. The van der Waals surface area contributed by atoms with Crippen LogP contribution in [0.5, 0.6) is 0 Å². The molecule has 6 nitrogen and oxygen atoms in total. The minimum atomic E-state index is -0.595. The summed E-state index contributed by atoms with van der Waals surface area (Å²) in [4.78, 5) is 2.13. The Bertz CT molecular complexity index is 299. The molecule has 0 aliphatic carbocycles. The van der Waals surface area contributed by atoms with Gasteiger partial charge in [0.25, 0.3) is 0 Å². The fourth-order valence-electron chi connectivity index (χ4n) is 2.75. The lowest BCUT2D eigenvalue weighted by molar-refractivity contribution is -0.228. The number of nitrogens with zero attached hydrogens (tertiary/aromatic N) is 1. The Hall–Kier alpha value is -0.240. The Labute approximate surface area is 114 Å². The van der Waals surface area contributed by atoms with Gasteiger partial charge in [0.1, 0.15) is 18.3 Å². The summed E-state index contributed by atoms with van der Waals surface area (Å²) in [6, 6.07) is 0. The molecule has 2 aliphatic heterocycles. The van der Waals surface area contributed by atoms with Crippen LogP contribution >= 0.6 is 0 Å². The van der Waals surface area contributed by atoms with Gasteiger partial charge < -0.3 is 24.1 Å². The van der Waals surface area contributed by atoms with Crippen LogP contribution in [0.4, 0.5) is 0 Å². The van der Waals surface area contributed by atoms with Crippen LogP contribution in [-0.4, -0.2) is 73.7 Å². The molecule has 2 fully saturated rings. The predicted molar refractivity (Wildman–Crippen MR) is 68.7 cm³/mol. The van der Waals surface area contributed by atoms with Crippen LogP contribution in [0.3, 0.4) is 0 Å². The first-order chi connectivity index (χ1) is 9.00. The van der Waals surface area contributed by atoms with E-state index in [1.165, 1.54) is 0 Å². The summed E-state index contributed by atoms with van der Waals surface area (Å²) in [5.74, 6) is -0.595. The first kappa shape index (κ1) is 15.2. The SMILES string of the molecule is CCN(CCO)C[C@H]1O[C@@H](OC)[C@@H]2OC(C)(C)O[C@@H]21. The highest BCUT2D eigenvalue weighted by molar-refractivity contribution is 4.96. The molecule has 0 radical (unpaired) electrons. The van der Waals surface area contributed by atoms with Crippen molar-refractivity contribution in [3.05, 3.63) is 0 Å². The normalized spacial score (nSPS) is 36.9. The van der Waals surface area contributed by atoms with E-state index in [1.807, 2.05) is 13.8 Å². The molecular weight excluding hydrogens is 250 g/mol. The van der Waals surface area contributed by atoms with Gasteiger partial charge in [0.15, 0.2) is 12.1 Å². The van der Waals surface area contributed by atoms with Crippen molar-refractivity contribution in [2.45, 2.75) is 51.2 Å². The van der Waals surface area contributed by atoms with Gasteiger partial charge in [-0.2, -0.15) is 0 Å². The van der Waals surface area contributed by atoms with E-state index in [-0.39, 0.29) is 31.2 Å². The molecule has 1 N–H and O–H groups in total. The maximum atomic E-state index is 9.05. The summed E-state index contributed by atoms with van der Waals surface area (Å²) in [5, 5.41) is 9.05. The van der Waals surface area contributed by atoms with Gasteiger partial charge in [-0.1, -0.05) is 6.92 Å². The third-order valence-corrected chi connectivity index (χ3v) is 3.64. The van der Waals surface area contributed by atoms with Crippen LogP contribution in [0.2, 0.25) is 0 Å². The van der Waals surface area contributed by atoms with Gasteiger partial charge in [-0.25, -0.2) is 0 Å². The number of hydrogen-bond acceptors (Lipinski definition) is 6. The van der Waals surface area contributed by atoms with Gasteiger partial charge in [-0.05, 0) is 20.4 Å². The van der Waals surface area contributed by atoms with Gasteiger partial charge in [0.2, 0.25) is 0 Å². The van der Waals surface area contributed by atoms with Crippen LogP contribution in [0.15, 0.2) is 0 Å². The predicted octanol–water partition coefficient (Wildman–Crippen LogP) is 0.192. The zero-order valence-corrected chi connectivity index (χ0v) is 12.2. The van der Waals surface area contributed by atoms with Gasteiger partial charge in [-0.15, -0.1) is 0 Å². The van der Waals surface area contributed by atoms with Crippen LogP contribution in [0.25, 0.3) is 0 Å². The molecule has 2 saturated heterocycles. The Morgan fingerprint density at radius 1 is 1.26 bits per heavy atom. The van der Waals surface area contributed by atoms with E-state index in [2.05, 4.69) is 11.8 Å². The lowest BCUT2D eigenvalue weighted by Crippen LogP contribution is -2.41. The zero-order valence-electron chi connectivity index (χ0n) is 12.2. The molecule has 4 atom stereocenters. The third-order valence-electron chi connectivity index (χ3n) is 3.64. The molecule has 0 bridgehead atoms. The summed E-state index contributed by atoms with van der Waals surface area (Å²) >= 11 is 0. The fourth-order valence-corrected chi connectivity index (χ4v) is 2.75. The van der Waals surface area contributed by atoms with E-state index in [0.29, 0.717) is 13.1 Å². The lowest BCUT2D eigenvalue weighted by atomic mass is 10.1. The molecule has 0 amide bonds. The second-order valence-corrected chi connectivity index (χ2v) is 5.46. The highest BCUT2D eigenvalue weighted by Gasteiger charge is 2.55. The molecule has 2 heterocycles. The number of aliphatic hydroxyl groups excluding tert-OH is 1. The van der Waals surface area contributed by atoms with Gasteiger partial charge >= 0.3 is 0 Å². The van der Waals surface area contributed by atoms with Crippen molar-refractivity contribution >= 4 is 0 Å². The summed E-state index contributed by atoms with van der Waals surface area (Å²) in [6.45, 7) is 8.21. The average Bonchev–Trinajstić information content (AvgIpc) is 2.83. The van der Waals surface area contributed by atoms with Crippen molar-refractivity contribution in [1.82, 2.24) is 4.90 Å². The van der Waals surface area contributed by atoms with Crippen molar-refractivity contribution < 1.29 is 24.1 Å². The minimum absolute atomic E-state index is 0.0942. The Morgan fingerprint density at radius 3 is 2.53 bits per heavy atom. The molecule has 0 aromatic heterocycles. The first-order valence-electron chi connectivity index (χ1n) is 6.88. The number of rotatable bonds is 6. The van der Waals surface area contributed by atoms with E-state index in [0.717, 1.165) is 6.54 Å². The van der Waals surface area contributed by atoms with Crippen LogP contribution in [0.1, 0.15) is 20.8 Å². The number of aliphatic hydroxyl groups is 1. The van der Waals surface area contributed by atoms with Crippen molar-refractivity contribution in [3.8, 4) is 0 Å². The highest BCUT2D eigenvalue weighted by atomic mass is 16.8. The monoisotopic (exact) mass is 275 g/mol. The van der Waals surface area contributed by atoms with Crippen LogP contribution in [-0.2, 0) is 18.9 Å². The number of methoxy groups -OCH3 is 1. The molecule has 0 saturated carbocycles. The Kier molecular flexibility index (Phi) is 4.81. The maximum Gasteiger partial charge on any atom is 0.186 e. The maximum absolute atomic E-state index is 9.05. The number of fused-ring (bicyclic) bond motifs is 1. The largest absolute Gasteiger partial charge is 0.395 e. The van der Waals surface area contributed by atoms with Gasteiger partial charge in [0.05, 0.1) is 6.61 Å². The molecule has 0 spiro atoms. The smallest absolute Gasteiger partial charge is 0.186 e. The quantitative estimate of drug-likeness (QED) is 0.747. The Balaban J connectivity index is 2.01. The van der Waals surface area contributed by atoms with Crippen molar-refractivity contribution in [2.75, 3.05) is 33.4 Å². The third kappa shape index (κ3) is 3.26. The number of likely N-dealkylation sites (N-methyl/N-ethyl adjacent to an activating group) is 1. The molecule has 0 aromatic rings. The topological polar surface area (TPSA) is 60.4 Å². The summed E-state index contributed by atoms with van der Waals surface area (Å²) < 4.78 is 22.9. The van der Waals surface area contributed by atoms with E-state index < -0.39 is 5.79 Å². The van der Waals surface area contributed by atoms with E-state index >= 15 is 0 Å². The molecule has 0 aromatic carbocycles. The van der Waals surface area contributed by atoms with Gasteiger partial charge in [0, 0.05) is 20.2 Å². The number of hydrogen-bond donors (Lipinski definition) is 1. The lowest BCUT2D eigenvalue weighted by Gasteiger charge is -2.27. The average molecular weight is 275 g/mol. The number of ether oxygens (including phenoxy) is 4. The van der Waals surface area contributed by atoms with E-state index in [9.17, 15) is 0 Å². The fraction of sp³-hybridized carbons (Fsp3) is 1.00.